The maximum atomic E-state index is 13.2. The molecule has 1 aliphatic carbocycles. The van der Waals surface area contributed by atoms with Crippen LogP contribution in [0, 0.1) is 0 Å². The molecule has 4 rings (SSSR count). The first kappa shape index (κ1) is 23.6. The summed E-state index contributed by atoms with van der Waals surface area (Å²) in [7, 11) is 1.87. The number of benzene rings is 3. The van der Waals surface area contributed by atoms with E-state index in [1.54, 1.807) is 36.4 Å². The van der Waals surface area contributed by atoms with E-state index in [9.17, 15) is 9.59 Å². The molecule has 0 radical (unpaired) electrons. The molecule has 3 aromatic carbocycles. The van der Waals surface area contributed by atoms with E-state index in [4.69, 9.17) is 4.74 Å². The summed E-state index contributed by atoms with van der Waals surface area (Å²) < 4.78 is 5.82. The summed E-state index contributed by atoms with van der Waals surface area (Å²) in [5.74, 6) is 0.415. The number of para-hydroxylation sites is 1. The molecule has 0 bridgehead atoms. The van der Waals surface area contributed by atoms with Crippen LogP contribution in [0.4, 0.5) is 5.69 Å². The minimum Gasteiger partial charge on any atom is -0.493 e. The van der Waals surface area contributed by atoms with Crippen LogP contribution < -0.4 is 10.1 Å². The van der Waals surface area contributed by atoms with Gasteiger partial charge >= 0.3 is 0 Å². The number of nitrogens with zero attached hydrogens (tertiary/aromatic N) is 1. The first-order valence-corrected chi connectivity index (χ1v) is 12.1. The van der Waals surface area contributed by atoms with Crippen molar-refractivity contribution >= 4 is 17.5 Å². The Morgan fingerprint density at radius 2 is 1.56 bits per heavy atom. The molecule has 5 nitrogen and oxygen atoms in total. The highest BCUT2D eigenvalue weighted by Gasteiger charge is 2.25. The van der Waals surface area contributed by atoms with E-state index < -0.39 is 0 Å². The largest absolute Gasteiger partial charge is 0.493 e. The molecule has 0 spiro atoms. The van der Waals surface area contributed by atoms with Crippen molar-refractivity contribution in [3.63, 3.8) is 0 Å². The van der Waals surface area contributed by atoms with Crippen LogP contribution >= 0.6 is 0 Å². The molecule has 3 aromatic rings. The predicted molar refractivity (Wildman–Crippen MR) is 135 cm³/mol. The zero-order chi connectivity index (χ0) is 23.8. The van der Waals surface area contributed by atoms with Gasteiger partial charge in [0.2, 0.25) is 0 Å². The van der Waals surface area contributed by atoms with Crippen LogP contribution in [-0.2, 0) is 6.42 Å². The summed E-state index contributed by atoms with van der Waals surface area (Å²) in [6.45, 7) is 0.569. The molecular weight excluding hydrogens is 424 g/mol. The summed E-state index contributed by atoms with van der Waals surface area (Å²) in [6.07, 6.45) is 6.46. The summed E-state index contributed by atoms with van der Waals surface area (Å²) in [4.78, 5) is 27.9. The summed E-state index contributed by atoms with van der Waals surface area (Å²) >= 11 is 0. The van der Waals surface area contributed by atoms with Gasteiger partial charge in [-0.05, 0) is 54.8 Å². The van der Waals surface area contributed by atoms with Crippen LogP contribution in [0.3, 0.4) is 0 Å². The van der Waals surface area contributed by atoms with Crippen molar-refractivity contribution in [3.05, 3.63) is 95.6 Å². The van der Waals surface area contributed by atoms with E-state index in [2.05, 4.69) is 17.4 Å². The molecule has 0 aromatic heterocycles. The van der Waals surface area contributed by atoms with Gasteiger partial charge in [0.25, 0.3) is 11.8 Å². The molecule has 0 heterocycles. The Kier molecular flexibility index (Phi) is 7.97. The van der Waals surface area contributed by atoms with Crippen molar-refractivity contribution in [2.24, 2.45) is 0 Å². The molecule has 176 valence electrons. The summed E-state index contributed by atoms with van der Waals surface area (Å²) in [5.41, 5.74) is 2.78. The summed E-state index contributed by atoms with van der Waals surface area (Å²) in [5, 5.41) is 2.92. The van der Waals surface area contributed by atoms with Gasteiger partial charge in [0, 0.05) is 25.1 Å². The lowest BCUT2D eigenvalue weighted by Crippen LogP contribution is -2.38. The van der Waals surface area contributed by atoms with Crippen LogP contribution in [0.5, 0.6) is 5.75 Å². The lowest BCUT2D eigenvalue weighted by atomic mass is 9.94. The molecule has 0 unspecified atom stereocenters. The predicted octanol–water partition coefficient (Wildman–Crippen LogP) is 5.97. The number of ether oxygens (including phenoxy) is 1. The van der Waals surface area contributed by atoms with Crippen LogP contribution in [-0.4, -0.2) is 36.4 Å². The first-order chi connectivity index (χ1) is 16.6. The van der Waals surface area contributed by atoms with Crippen molar-refractivity contribution in [2.75, 3.05) is 19.0 Å². The normalized spacial score (nSPS) is 13.8. The standard InChI is InChI=1S/C29H32N2O3/c1-31(24-12-6-3-7-13-24)29(33)26-14-8-9-15-27(26)30-28(32)23-16-18-25(19-17-23)34-21-20-22-10-4-2-5-11-22/h2,4-5,8-11,14-19,24H,3,6-7,12-13,20-21H2,1H3,(H,30,32). The van der Waals surface area contributed by atoms with Crippen molar-refractivity contribution in [1.82, 2.24) is 4.90 Å². The van der Waals surface area contributed by atoms with Crippen LogP contribution in [0.1, 0.15) is 58.4 Å². The van der Waals surface area contributed by atoms with E-state index in [1.807, 2.05) is 42.3 Å². The topological polar surface area (TPSA) is 58.6 Å². The van der Waals surface area contributed by atoms with E-state index in [0.29, 0.717) is 23.4 Å². The number of anilines is 1. The third-order valence-electron chi connectivity index (χ3n) is 6.47. The van der Waals surface area contributed by atoms with Gasteiger partial charge in [-0.25, -0.2) is 0 Å². The monoisotopic (exact) mass is 456 g/mol. The van der Waals surface area contributed by atoms with Crippen molar-refractivity contribution < 1.29 is 14.3 Å². The highest BCUT2D eigenvalue weighted by atomic mass is 16.5. The second kappa shape index (κ2) is 11.5. The fourth-order valence-corrected chi connectivity index (χ4v) is 4.43. The fraction of sp³-hybridized carbons (Fsp3) is 0.310. The Balaban J connectivity index is 1.36. The number of carbonyl (C=O) groups is 2. The molecule has 1 saturated carbocycles. The van der Waals surface area contributed by atoms with Gasteiger partial charge in [-0.1, -0.05) is 61.7 Å². The molecule has 0 atom stereocenters. The maximum Gasteiger partial charge on any atom is 0.255 e. The molecule has 34 heavy (non-hydrogen) atoms. The van der Waals surface area contributed by atoms with Gasteiger partial charge in [-0.15, -0.1) is 0 Å². The van der Waals surface area contributed by atoms with Gasteiger partial charge in [0.1, 0.15) is 5.75 Å². The molecule has 1 fully saturated rings. The smallest absolute Gasteiger partial charge is 0.255 e. The fourth-order valence-electron chi connectivity index (χ4n) is 4.43. The van der Waals surface area contributed by atoms with E-state index in [0.717, 1.165) is 37.9 Å². The highest BCUT2D eigenvalue weighted by molar-refractivity contribution is 6.09. The van der Waals surface area contributed by atoms with E-state index in [-0.39, 0.29) is 17.9 Å². The van der Waals surface area contributed by atoms with Crippen molar-refractivity contribution in [2.45, 2.75) is 44.6 Å². The Bertz CT molecular complexity index is 1090. The molecule has 0 saturated heterocycles. The van der Waals surface area contributed by atoms with Crippen LogP contribution in [0.2, 0.25) is 0 Å². The van der Waals surface area contributed by atoms with Gasteiger partial charge in [-0.3, -0.25) is 9.59 Å². The van der Waals surface area contributed by atoms with Gasteiger partial charge < -0.3 is 15.0 Å². The molecule has 2 amide bonds. The zero-order valence-electron chi connectivity index (χ0n) is 19.7. The maximum absolute atomic E-state index is 13.2. The highest BCUT2D eigenvalue weighted by Crippen LogP contribution is 2.25. The van der Waals surface area contributed by atoms with Crippen LogP contribution in [0.25, 0.3) is 0 Å². The third kappa shape index (κ3) is 6.04. The number of carbonyl (C=O) groups excluding carboxylic acids is 2. The van der Waals surface area contributed by atoms with Crippen molar-refractivity contribution in [1.29, 1.82) is 0 Å². The first-order valence-electron chi connectivity index (χ1n) is 12.1. The average molecular weight is 457 g/mol. The number of nitrogens with one attached hydrogen (secondary N) is 1. The second-order valence-corrected chi connectivity index (χ2v) is 8.82. The lowest BCUT2D eigenvalue weighted by Gasteiger charge is -2.31. The Morgan fingerprint density at radius 1 is 0.882 bits per heavy atom. The third-order valence-corrected chi connectivity index (χ3v) is 6.47. The van der Waals surface area contributed by atoms with Gasteiger partial charge in [-0.2, -0.15) is 0 Å². The average Bonchev–Trinajstić information content (AvgIpc) is 2.89. The second-order valence-electron chi connectivity index (χ2n) is 8.82. The summed E-state index contributed by atoms with van der Waals surface area (Å²) in [6, 6.07) is 24.7. The van der Waals surface area contributed by atoms with Gasteiger partial charge in [0.15, 0.2) is 0 Å². The van der Waals surface area contributed by atoms with Crippen LogP contribution in [0.15, 0.2) is 78.9 Å². The van der Waals surface area contributed by atoms with E-state index in [1.165, 1.54) is 12.0 Å². The van der Waals surface area contributed by atoms with Gasteiger partial charge in [0.05, 0.1) is 17.9 Å². The zero-order valence-corrected chi connectivity index (χ0v) is 19.7. The molecule has 0 aliphatic heterocycles. The number of hydrogen-bond acceptors (Lipinski definition) is 3. The number of rotatable bonds is 8. The minimum absolute atomic E-state index is 0.0510. The lowest BCUT2D eigenvalue weighted by molar-refractivity contribution is 0.0697. The SMILES string of the molecule is CN(C(=O)c1ccccc1NC(=O)c1ccc(OCCc2ccccc2)cc1)C1CCCCC1. The van der Waals surface area contributed by atoms with Crippen molar-refractivity contribution in [3.8, 4) is 5.75 Å². The molecular formula is C29H32N2O3. The number of hydrogen-bond donors (Lipinski definition) is 1. The Morgan fingerprint density at radius 3 is 2.29 bits per heavy atom. The molecule has 5 heteroatoms. The Hall–Kier alpha value is -3.60. The Labute approximate surface area is 201 Å². The number of amides is 2. The molecule has 1 aliphatic rings. The molecule has 1 N–H and O–H groups in total. The minimum atomic E-state index is -0.253. The quantitative estimate of drug-likeness (QED) is 0.455. The van der Waals surface area contributed by atoms with E-state index >= 15 is 0 Å².